The number of ether oxygens (including phenoxy) is 2. The fraction of sp³-hybridized carbons (Fsp3) is 0.400. The minimum atomic E-state index is -1.19. The van der Waals surface area contributed by atoms with Gasteiger partial charge in [0.1, 0.15) is 0 Å². The van der Waals surface area contributed by atoms with E-state index in [4.69, 9.17) is 32.7 Å². The molecule has 1 aliphatic rings. The molecule has 0 spiro atoms. The number of hydrogen-bond acceptors (Lipinski definition) is 7. The number of rotatable bonds is 11. The minimum Gasteiger partial charge on any atom is -0.384 e. The molecule has 1 saturated heterocycles. The molecule has 2 heterocycles. The van der Waals surface area contributed by atoms with Crippen LogP contribution >= 0.6 is 23.2 Å². The summed E-state index contributed by atoms with van der Waals surface area (Å²) in [6.45, 7) is 3.94. The number of aliphatic hydroxyl groups is 1. The van der Waals surface area contributed by atoms with Crippen molar-refractivity contribution < 1.29 is 19.4 Å². The molecular weight excluding hydrogens is 537 g/mol. The number of nitrogens with one attached hydrogen (secondary N) is 1. The highest BCUT2D eigenvalue weighted by atomic mass is 35.5. The Morgan fingerprint density at radius 1 is 1.10 bits per heavy atom. The van der Waals surface area contributed by atoms with Crippen LogP contribution in [-0.2, 0) is 27.3 Å². The van der Waals surface area contributed by atoms with Gasteiger partial charge in [-0.25, -0.2) is 0 Å². The molecule has 4 rings (SSSR count). The molecule has 0 radical (unpaired) electrons. The van der Waals surface area contributed by atoms with Crippen LogP contribution < -0.4 is 5.32 Å². The molecule has 0 amide bonds. The average Bonchev–Trinajstić information content (AvgIpc) is 2.95. The van der Waals surface area contributed by atoms with Gasteiger partial charge < -0.3 is 19.9 Å². The van der Waals surface area contributed by atoms with Crippen molar-refractivity contribution in [1.82, 2.24) is 15.2 Å². The SMILES string of the molecule is CO[C@](c1ccc(Cl)cc1)(c1ccc(C(C)(O)CNC2CCOCC2)cc1C=O)N(C)Cc1ccc(Cl)cn1. The van der Waals surface area contributed by atoms with Crippen LogP contribution in [0.2, 0.25) is 10.0 Å². The topological polar surface area (TPSA) is 83.9 Å². The summed E-state index contributed by atoms with van der Waals surface area (Å²) in [5, 5.41) is 16.0. The number of methoxy groups -OCH3 is 1. The first-order valence-electron chi connectivity index (χ1n) is 13.0. The van der Waals surface area contributed by atoms with E-state index in [2.05, 4.69) is 10.3 Å². The molecule has 208 valence electrons. The molecule has 9 heteroatoms. The summed E-state index contributed by atoms with van der Waals surface area (Å²) in [6, 6.07) is 16.7. The molecule has 2 N–H and O–H groups in total. The van der Waals surface area contributed by atoms with E-state index in [1.807, 2.05) is 42.3 Å². The summed E-state index contributed by atoms with van der Waals surface area (Å²) in [7, 11) is 3.52. The zero-order valence-electron chi connectivity index (χ0n) is 22.5. The number of hydrogen-bond donors (Lipinski definition) is 2. The van der Waals surface area contributed by atoms with Crippen molar-refractivity contribution in [2.45, 2.75) is 43.7 Å². The maximum absolute atomic E-state index is 12.5. The Bertz CT molecular complexity index is 1250. The van der Waals surface area contributed by atoms with Crippen LogP contribution in [-0.4, -0.2) is 61.2 Å². The van der Waals surface area contributed by atoms with Gasteiger partial charge in [0.05, 0.1) is 16.3 Å². The van der Waals surface area contributed by atoms with E-state index in [9.17, 15) is 9.90 Å². The second kappa shape index (κ2) is 12.9. The van der Waals surface area contributed by atoms with Gasteiger partial charge in [-0.3, -0.25) is 14.7 Å². The highest BCUT2D eigenvalue weighted by Crippen LogP contribution is 2.40. The third-order valence-electron chi connectivity index (χ3n) is 7.38. The molecule has 7 nitrogen and oxygen atoms in total. The molecule has 1 unspecified atom stereocenters. The molecular formula is C30H35Cl2N3O4. The van der Waals surface area contributed by atoms with Crippen LogP contribution in [0.4, 0.5) is 0 Å². The first-order valence-corrected chi connectivity index (χ1v) is 13.7. The minimum absolute atomic E-state index is 0.288. The lowest BCUT2D eigenvalue weighted by Crippen LogP contribution is -2.47. The molecule has 1 aliphatic heterocycles. The Kier molecular flexibility index (Phi) is 9.78. The first-order chi connectivity index (χ1) is 18.7. The standard InChI is InChI=1S/C30H35Cl2N3O4/c1-29(37,20-34-26-12-14-39-15-13-26)23-6-11-28(21(16-23)19-36)30(38-3,22-4-7-24(31)8-5-22)35(2)18-27-10-9-25(32)17-33-27/h4-11,16-17,19,26,34,37H,12-15,18,20H2,1-3H3/t29?,30-/m1/s1. The van der Waals surface area contributed by atoms with E-state index >= 15 is 0 Å². The molecule has 2 atom stereocenters. The maximum atomic E-state index is 12.5. The first kappa shape index (κ1) is 29.6. The molecule has 3 aromatic rings. The molecule has 0 aliphatic carbocycles. The Hall–Kier alpha value is -2.36. The number of aromatic nitrogens is 1. The van der Waals surface area contributed by atoms with E-state index in [-0.39, 0.29) is 6.04 Å². The number of aldehydes is 1. The van der Waals surface area contributed by atoms with Gasteiger partial charge in [-0.05, 0) is 62.7 Å². The summed E-state index contributed by atoms with van der Waals surface area (Å²) >= 11 is 12.3. The Labute approximate surface area is 240 Å². The smallest absolute Gasteiger partial charge is 0.174 e. The zero-order chi connectivity index (χ0) is 28.0. The predicted octanol–water partition coefficient (Wildman–Crippen LogP) is 5.16. The number of nitrogens with zero attached hydrogens (tertiary/aromatic N) is 2. The van der Waals surface area contributed by atoms with Gasteiger partial charge in [-0.15, -0.1) is 0 Å². The predicted molar refractivity (Wildman–Crippen MR) is 153 cm³/mol. The average molecular weight is 573 g/mol. The largest absolute Gasteiger partial charge is 0.384 e. The molecule has 39 heavy (non-hydrogen) atoms. The summed E-state index contributed by atoms with van der Waals surface area (Å²) in [5.41, 5.74) is 0.896. The van der Waals surface area contributed by atoms with Crippen LogP contribution in [0.15, 0.2) is 60.8 Å². The van der Waals surface area contributed by atoms with Gasteiger partial charge in [0.15, 0.2) is 12.0 Å². The third-order valence-corrected chi connectivity index (χ3v) is 7.85. The van der Waals surface area contributed by atoms with E-state index in [0.717, 1.165) is 30.4 Å². The van der Waals surface area contributed by atoms with Crippen molar-refractivity contribution in [3.8, 4) is 0 Å². The lowest BCUT2D eigenvalue weighted by atomic mass is 9.85. The monoisotopic (exact) mass is 571 g/mol. The van der Waals surface area contributed by atoms with Crippen LogP contribution in [0.1, 0.15) is 52.5 Å². The quantitative estimate of drug-likeness (QED) is 0.243. The van der Waals surface area contributed by atoms with E-state index in [1.54, 1.807) is 44.5 Å². The Morgan fingerprint density at radius 3 is 2.38 bits per heavy atom. The number of carbonyl (C=O) groups is 1. The van der Waals surface area contributed by atoms with Gasteiger partial charge in [-0.1, -0.05) is 47.5 Å². The van der Waals surface area contributed by atoms with Crippen molar-refractivity contribution in [1.29, 1.82) is 0 Å². The van der Waals surface area contributed by atoms with E-state index in [1.165, 1.54) is 0 Å². The highest BCUT2D eigenvalue weighted by molar-refractivity contribution is 6.30. The molecule has 0 saturated carbocycles. The number of carbonyl (C=O) groups excluding carboxylic acids is 1. The normalized spacial score (nSPS) is 17.5. The van der Waals surface area contributed by atoms with E-state index in [0.29, 0.717) is 53.0 Å². The van der Waals surface area contributed by atoms with Gasteiger partial charge in [0, 0.05) is 67.4 Å². The van der Waals surface area contributed by atoms with Crippen LogP contribution in [0.25, 0.3) is 0 Å². The van der Waals surface area contributed by atoms with Gasteiger partial charge in [0.2, 0.25) is 0 Å². The van der Waals surface area contributed by atoms with Crippen LogP contribution in [0.3, 0.4) is 0 Å². The number of pyridine rings is 1. The lowest BCUT2D eigenvalue weighted by Gasteiger charge is -2.42. The third kappa shape index (κ3) is 6.69. The Balaban J connectivity index is 1.73. The van der Waals surface area contributed by atoms with Gasteiger partial charge in [0.25, 0.3) is 0 Å². The zero-order valence-corrected chi connectivity index (χ0v) is 24.0. The van der Waals surface area contributed by atoms with Crippen molar-refractivity contribution in [2.75, 3.05) is 33.9 Å². The lowest BCUT2D eigenvalue weighted by molar-refractivity contribution is -0.104. The van der Waals surface area contributed by atoms with Crippen LogP contribution in [0.5, 0.6) is 0 Å². The molecule has 0 bridgehead atoms. The van der Waals surface area contributed by atoms with Crippen molar-refractivity contribution in [3.05, 3.63) is 98.8 Å². The highest BCUT2D eigenvalue weighted by Gasteiger charge is 2.41. The molecule has 1 fully saturated rings. The fourth-order valence-corrected chi connectivity index (χ4v) is 5.38. The summed E-state index contributed by atoms with van der Waals surface area (Å²) in [4.78, 5) is 19.0. The summed E-state index contributed by atoms with van der Waals surface area (Å²) < 4.78 is 11.7. The number of halogens is 2. The van der Waals surface area contributed by atoms with Crippen molar-refractivity contribution >= 4 is 29.5 Å². The second-order valence-corrected chi connectivity index (χ2v) is 11.0. The van der Waals surface area contributed by atoms with E-state index < -0.39 is 11.3 Å². The maximum Gasteiger partial charge on any atom is 0.174 e. The summed E-state index contributed by atoms with van der Waals surface area (Å²) in [6.07, 6.45) is 4.21. The van der Waals surface area contributed by atoms with Crippen LogP contribution in [0, 0.1) is 0 Å². The van der Waals surface area contributed by atoms with Gasteiger partial charge >= 0.3 is 0 Å². The number of benzene rings is 2. The van der Waals surface area contributed by atoms with Gasteiger partial charge in [-0.2, -0.15) is 0 Å². The second-order valence-electron chi connectivity index (χ2n) is 10.1. The van der Waals surface area contributed by atoms with Crippen molar-refractivity contribution in [2.24, 2.45) is 0 Å². The molecule has 1 aromatic heterocycles. The fourth-order valence-electron chi connectivity index (χ4n) is 5.15. The Morgan fingerprint density at radius 2 is 1.77 bits per heavy atom. The summed E-state index contributed by atoms with van der Waals surface area (Å²) in [5.74, 6) is 0. The molecule has 2 aromatic carbocycles. The van der Waals surface area contributed by atoms with Crippen molar-refractivity contribution in [3.63, 3.8) is 0 Å².